The molecule has 1 fully saturated rings. The van der Waals surface area contributed by atoms with Crippen molar-refractivity contribution in [3.63, 3.8) is 0 Å². The highest BCUT2D eigenvalue weighted by Crippen LogP contribution is 2.32. The van der Waals surface area contributed by atoms with Gasteiger partial charge >= 0.3 is 0 Å². The Morgan fingerprint density at radius 3 is 2.59 bits per heavy atom. The fourth-order valence-electron chi connectivity index (χ4n) is 3.82. The Bertz CT molecular complexity index is 1270. The Kier molecular flexibility index (Phi) is 5.78. The number of piperazine rings is 1. The number of likely N-dealkylation sites (N-methyl/N-ethyl adjacent to an activating group) is 1. The van der Waals surface area contributed by atoms with Crippen LogP contribution in [0.15, 0.2) is 60.8 Å². The fraction of sp³-hybridized carbons (Fsp3) is 0.208. The number of aromatic nitrogens is 2. The predicted octanol–water partition coefficient (Wildman–Crippen LogP) is 5.02. The zero-order valence-electron chi connectivity index (χ0n) is 17.6. The molecule has 1 aliphatic rings. The molecule has 4 aromatic rings. The zero-order valence-corrected chi connectivity index (χ0v) is 19.2. The number of amides is 1. The number of para-hydroxylation sites is 1. The lowest BCUT2D eigenvalue weighted by atomic mass is 10.1. The van der Waals surface area contributed by atoms with Crippen molar-refractivity contribution >= 4 is 51.3 Å². The van der Waals surface area contributed by atoms with Gasteiger partial charge in [0.15, 0.2) is 0 Å². The largest absolute Gasteiger partial charge is 0.354 e. The Labute approximate surface area is 195 Å². The second-order valence-corrected chi connectivity index (χ2v) is 9.54. The summed E-state index contributed by atoms with van der Waals surface area (Å²) >= 11 is 7.56. The number of carbonyl (C=O) groups is 1. The smallest absolute Gasteiger partial charge is 0.256 e. The van der Waals surface area contributed by atoms with Gasteiger partial charge in [0.25, 0.3) is 5.91 Å². The number of rotatable bonds is 4. The number of hydrogen-bond acceptors (Lipinski definition) is 6. The SMILES string of the molecule is CN1CCN(c2ccc(NC(=O)c3cc(-c4ccc(Cl)s4)nc4ccccc34)cn2)CC1. The van der Waals surface area contributed by atoms with Crippen LogP contribution in [0.3, 0.4) is 0 Å². The second-order valence-electron chi connectivity index (χ2n) is 7.83. The van der Waals surface area contributed by atoms with E-state index in [2.05, 4.69) is 27.1 Å². The van der Waals surface area contributed by atoms with Crippen LogP contribution in [0, 0.1) is 0 Å². The monoisotopic (exact) mass is 463 g/mol. The third kappa shape index (κ3) is 4.32. The van der Waals surface area contributed by atoms with Gasteiger partial charge in [0.1, 0.15) is 5.82 Å². The van der Waals surface area contributed by atoms with E-state index in [1.54, 1.807) is 6.20 Å². The lowest BCUT2D eigenvalue weighted by Crippen LogP contribution is -2.44. The van der Waals surface area contributed by atoms with Crippen molar-refractivity contribution in [2.24, 2.45) is 0 Å². The van der Waals surface area contributed by atoms with Crippen molar-refractivity contribution in [2.45, 2.75) is 0 Å². The van der Waals surface area contributed by atoms with Crippen LogP contribution >= 0.6 is 22.9 Å². The highest BCUT2D eigenvalue weighted by molar-refractivity contribution is 7.19. The molecule has 0 saturated carbocycles. The summed E-state index contributed by atoms with van der Waals surface area (Å²) in [7, 11) is 2.13. The summed E-state index contributed by atoms with van der Waals surface area (Å²) in [6, 6.07) is 17.1. The zero-order chi connectivity index (χ0) is 22.1. The van der Waals surface area contributed by atoms with Crippen molar-refractivity contribution in [2.75, 3.05) is 43.4 Å². The van der Waals surface area contributed by atoms with E-state index in [9.17, 15) is 4.79 Å². The topological polar surface area (TPSA) is 61.4 Å². The van der Waals surface area contributed by atoms with Crippen molar-refractivity contribution < 1.29 is 4.79 Å². The van der Waals surface area contributed by atoms with E-state index in [4.69, 9.17) is 16.6 Å². The molecule has 1 amide bonds. The molecule has 1 aromatic carbocycles. The van der Waals surface area contributed by atoms with E-state index in [1.165, 1.54) is 11.3 Å². The number of thiophene rings is 1. The number of anilines is 2. The normalized spacial score (nSPS) is 14.6. The maximum absolute atomic E-state index is 13.2. The first-order valence-corrected chi connectivity index (χ1v) is 11.6. The molecule has 0 aliphatic carbocycles. The Morgan fingerprint density at radius 2 is 1.88 bits per heavy atom. The summed E-state index contributed by atoms with van der Waals surface area (Å²) in [6.07, 6.45) is 1.72. The number of carbonyl (C=O) groups excluding carboxylic acids is 1. The van der Waals surface area contributed by atoms with Gasteiger partial charge in [0.2, 0.25) is 0 Å². The first kappa shape index (κ1) is 20.9. The van der Waals surface area contributed by atoms with E-state index in [0.29, 0.717) is 15.6 Å². The quantitative estimate of drug-likeness (QED) is 0.460. The third-order valence-corrected chi connectivity index (χ3v) is 6.87. The van der Waals surface area contributed by atoms with Crippen molar-refractivity contribution in [1.82, 2.24) is 14.9 Å². The Balaban J connectivity index is 1.41. The van der Waals surface area contributed by atoms with Crippen molar-refractivity contribution in [3.8, 4) is 10.6 Å². The summed E-state index contributed by atoms with van der Waals surface area (Å²) in [5.74, 6) is 0.740. The molecule has 0 atom stereocenters. The van der Waals surface area contributed by atoms with Crippen LogP contribution in [0.25, 0.3) is 21.5 Å². The molecule has 1 N–H and O–H groups in total. The average Bonchev–Trinajstić information content (AvgIpc) is 3.26. The van der Waals surface area contributed by atoms with Crippen LogP contribution in [0.2, 0.25) is 4.34 Å². The third-order valence-electron chi connectivity index (χ3n) is 5.62. The van der Waals surface area contributed by atoms with Crippen LogP contribution < -0.4 is 10.2 Å². The average molecular weight is 464 g/mol. The van der Waals surface area contributed by atoms with Gasteiger partial charge < -0.3 is 15.1 Å². The molecule has 32 heavy (non-hydrogen) atoms. The molecule has 1 saturated heterocycles. The number of nitrogens with one attached hydrogen (secondary N) is 1. The predicted molar refractivity (Wildman–Crippen MR) is 132 cm³/mol. The Hall–Kier alpha value is -3.00. The molecule has 162 valence electrons. The first-order chi connectivity index (χ1) is 15.6. The molecular formula is C24H22ClN5OS. The van der Waals surface area contributed by atoms with Crippen LogP contribution in [0.4, 0.5) is 11.5 Å². The Morgan fingerprint density at radius 1 is 1.06 bits per heavy atom. The number of hydrogen-bond donors (Lipinski definition) is 1. The summed E-state index contributed by atoms with van der Waals surface area (Å²) in [4.78, 5) is 28.0. The molecule has 8 heteroatoms. The van der Waals surface area contributed by atoms with Gasteiger partial charge in [0.05, 0.1) is 37.9 Å². The van der Waals surface area contributed by atoms with E-state index in [1.807, 2.05) is 54.6 Å². The van der Waals surface area contributed by atoms with Gasteiger partial charge in [0, 0.05) is 31.6 Å². The summed E-state index contributed by atoms with van der Waals surface area (Å²) in [5, 5.41) is 3.80. The molecule has 4 heterocycles. The molecule has 0 unspecified atom stereocenters. The molecule has 6 nitrogen and oxygen atoms in total. The number of halogens is 1. The van der Waals surface area contributed by atoms with E-state index >= 15 is 0 Å². The highest BCUT2D eigenvalue weighted by atomic mass is 35.5. The van der Waals surface area contributed by atoms with Crippen LogP contribution in [-0.4, -0.2) is 54.0 Å². The number of benzene rings is 1. The van der Waals surface area contributed by atoms with Crippen LogP contribution in [0.1, 0.15) is 10.4 Å². The van der Waals surface area contributed by atoms with Gasteiger partial charge in [-0.3, -0.25) is 4.79 Å². The first-order valence-electron chi connectivity index (χ1n) is 10.4. The molecular weight excluding hydrogens is 442 g/mol. The van der Waals surface area contributed by atoms with Gasteiger partial charge in [-0.15, -0.1) is 11.3 Å². The van der Waals surface area contributed by atoms with E-state index in [-0.39, 0.29) is 5.91 Å². The van der Waals surface area contributed by atoms with Gasteiger partial charge in [-0.05, 0) is 43.4 Å². The summed E-state index contributed by atoms with van der Waals surface area (Å²) < 4.78 is 0.687. The molecule has 0 spiro atoms. The molecule has 1 aliphatic heterocycles. The van der Waals surface area contributed by atoms with Crippen LogP contribution in [-0.2, 0) is 0 Å². The minimum atomic E-state index is -0.193. The standard InChI is InChI=1S/C24H22ClN5OS/c1-29-10-12-30(13-11-29)23-9-6-16(15-26-23)27-24(31)18-14-20(21-7-8-22(25)32-21)28-19-5-3-2-4-17(18)19/h2-9,14-15H,10-13H2,1H3,(H,27,31). The van der Waals surface area contributed by atoms with Crippen LogP contribution in [0.5, 0.6) is 0 Å². The molecule has 0 radical (unpaired) electrons. The number of fused-ring (bicyclic) bond motifs is 1. The minimum Gasteiger partial charge on any atom is -0.354 e. The minimum absolute atomic E-state index is 0.193. The van der Waals surface area contributed by atoms with Gasteiger partial charge in [-0.1, -0.05) is 29.8 Å². The molecule has 5 rings (SSSR count). The lowest BCUT2D eigenvalue weighted by molar-refractivity contribution is 0.102. The van der Waals surface area contributed by atoms with Crippen molar-refractivity contribution in [1.29, 1.82) is 0 Å². The van der Waals surface area contributed by atoms with E-state index < -0.39 is 0 Å². The number of pyridine rings is 2. The van der Waals surface area contributed by atoms with Gasteiger partial charge in [-0.2, -0.15) is 0 Å². The fourth-order valence-corrected chi connectivity index (χ4v) is 4.83. The van der Waals surface area contributed by atoms with Crippen molar-refractivity contribution in [3.05, 3.63) is 70.7 Å². The van der Waals surface area contributed by atoms with E-state index in [0.717, 1.165) is 53.5 Å². The highest BCUT2D eigenvalue weighted by Gasteiger charge is 2.17. The maximum Gasteiger partial charge on any atom is 0.256 e. The molecule has 0 bridgehead atoms. The lowest BCUT2D eigenvalue weighted by Gasteiger charge is -2.33. The number of nitrogens with zero attached hydrogens (tertiary/aromatic N) is 4. The summed E-state index contributed by atoms with van der Waals surface area (Å²) in [5.41, 5.74) is 2.73. The second kappa shape index (κ2) is 8.86. The molecule has 3 aromatic heterocycles. The maximum atomic E-state index is 13.2. The van der Waals surface area contributed by atoms with Gasteiger partial charge in [-0.25, -0.2) is 9.97 Å². The summed E-state index contributed by atoms with van der Waals surface area (Å²) in [6.45, 7) is 3.95.